The monoisotopic (exact) mass is 390 g/mol. The molecule has 1 unspecified atom stereocenters. The van der Waals surface area contributed by atoms with Gasteiger partial charge in [-0.15, -0.1) is 0 Å². The van der Waals surface area contributed by atoms with Crippen LogP contribution in [0.4, 0.5) is 13.2 Å². The van der Waals surface area contributed by atoms with Crippen molar-refractivity contribution in [3.8, 4) is 0 Å². The highest BCUT2D eigenvalue weighted by molar-refractivity contribution is 9.10. The lowest BCUT2D eigenvalue weighted by atomic mass is 9.99. The van der Waals surface area contributed by atoms with Crippen molar-refractivity contribution in [2.75, 3.05) is 11.1 Å². The molecule has 0 N–H and O–H groups in total. The summed E-state index contributed by atoms with van der Waals surface area (Å²) in [6, 6.07) is 7.63. The first-order valence-electron chi connectivity index (χ1n) is 4.95. The molecule has 0 aromatic heterocycles. The van der Waals surface area contributed by atoms with E-state index in [0.29, 0.717) is 11.8 Å². The largest absolute Gasteiger partial charge is 0.441 e. The minimum atomic E-state index is -4.13. The van der Waals surface area contributed by atoms with Crippen molar-refractivity contribution in [2.45, 2.75) is 17.8 Å². The Labute approximate surface area is 120 Å². The van der Waals surface area contributed by atoms with Crippen molar-refractivity contribution in [3.05, 3.63) is 34.3 Å². The van der Waals surface area contributed by atoms with E-state index in [1.807, 2.05) is 24.3 Å². The third-order valence-corrected chi connectivity index (χ3v) is 4.53. The molecular formula is C11H11Br2F3S. The zero-order valence-electron chi connectivity index (χ0n) is 8.81. The SMILES string of the molecule is FC(F)(F)SCCC(CBr)c1ccccc1Br. The number of rotatable bonds is 5. The molecule has 0 fully saturated rings. The Morgan fingerprint density at radius 3 is 2.41 bits per heavy atom. The van der Waals surface area contributed by atoms with E-state index < -0.39 is 5.51 Å². The van der Waals surface area contributed by atoms with Crippen molar-refractivity contribution < 1.29 is 13.2 Å². The summed E-state index contributed by atoms with van der Waals surface area (Å²) in [6.07, 6.45) is 0.498. The predicted molar refractivity (Wildman–Crippen MR) is 73.8 cm³/mol. The third kappa shape index (κ3) is 5.66. The second-order valence-electron chi connectivity index (χ2n) is 3.46. The van der Waals surface area contributed by atoms with Crippen molar-refractivity contribution >= 4 is 43.6 Å². The van der Waals surface area contributed by atoms with Crippen LogP contribution in [-0.4, -0.2) is 16.6 Å². The molecule has 0 amide bonds. The van der Waals surface area contributed by atoms with E-state index in [1.54, 1.807) is 0 Å². The van der Waals surface area contributed by atoms with Crippen LogP contribution in [0.1, 0.15) is 17.9 Å². The average Bonchev–Trinajstić information content (AvgIpc) is 2.24. The number of hydrogen-bond donors (Lipinski definition) is 0. The molecule has 1 atom stereocenters. The van der Waals surface area contributed by atoms with Gasteiger partial charge in [-0.1, -0.05) is 61.8 Å². The molecule has 0 saturated carbocycles. The molecule has 0 saturated heterocycles. The van der Waals surface area contributed by atoms with Crippen LogP contribution in [-0.2, 0) is 0 Å². The fourth-order valence-electron chi connectivity index (χ4n) is 1.44. The molecule has 0 aliphatic carbocycles. The van der Waals surface area contributed by atoms with Gasteiger partial charge in [0.25, 0.3) is 0 Å². The topological polar surface area (TPSA) is 0 Å². The van der Waals surface area contributed by atoms with Gasteiger partial charge in [0.2, 0.25) is 0 Å². The second-order valence-corrected chi connectivity index (χ2v) is 6.12. The van der Waals surface area contributed by atoms with E-state index in [9.17, 15) is 13.2 Å². The molecule has 1 aromatic carbocycles. The van der Waals surface area contributed by atoms with Crippen LogP contribution in [0, 0.1) is 0 Å². The Hall–Kier alpha value is 0.320. The zero-order valence-corrected chi connectivity index (χ0v) is 12.8. The molecule has 1 aromatic rings. The molecule has 0 bridgehead atoms. The van der Waals surface area contributed by atoms with Crippen molar-refractivity contribution in [1.82, 2.24) is 0 Å². The van der Waals surface area contributed by atoms with E-state index in [2.05, 4.69) is 31.9 Å². The van der Waals surface area contributed by atoms with Crippen LogP contribution in [0.5, 0.6) is 0 Å². The maximum absolute atomic E-state index is 12.0. The van der Waals surface area contributed by atoms with Gasteiger partial charge in [0, 0.05) is 15.6 Å². The molecule has 0 spiro atoms. The summed E-state index contributed by atoms with van der Waals surface area (Å²) in [7, 11) is 0. The summed E-state index contributed by atoms with van der Waals surface area (Å²) in [6.45, 7) is 0. The summed E-state index contributed by atoms with van der Waals surface area (Å²) in [5.41, 5.74) is -3.09. The summed E-state index contributed by atoms with van der Waals surface area (Å²) in [5.74, 6) is 0.182. The quantitative estimate of drug-likeness (QED) is 0.591. The van der Waals surface area contributed by atoms with Gasteiger partial charge in [0.15, 0.2) is 0 Å². The first-order chi connectivity index (χ1) is 7.94. The Morgan fingerprint density at radius 1 is 1.24 bits per heavy atom. The van der Waals surface area contributed by atoms with Crippen molar-refractivity contribution in [1.29, 1.82) is 0 Å². The highest BCUT2D eigenvalue weighted by Crippen LogP contribution is 2.34. The van der Waals surface area contributed by atoms with E-state index in [-0.39, 0.29) is 23.4 Å². The Bertz CT molecular complexity index is 355. The smallest absolute Gasteiger partial charge is 0.160 e. The minimum absolute atomic E-state index is 0.0417. The van der Waals surface area contributed by atoms with E-state index in [0.717, 1.165) is 10.0 Å². The van der Waals surface area contributed by atoms with Gasteiger partial charge in [-0.2, -0.15) is 13.2 Å². The van der Waals surface area contributed by atoms with Gasteiger partial charge in [-0.3, -0.25) is 0 Å². The summed E-state index contributed by atoms with van der Waals surface area (Å²) < 4.78 is 37.0. The Morgan fingerprint density at radius 2 is 1.88 bits per heavy atom. The number of thioether (sulfide) groups is 1. The standard InChI is InChI=1S/C11H11Br2F3S/c12-7-8(5-6-17-11(14,15)16)9-3-1-2-4-10(9)13/h1-4,8H,5-7H2. The summed E-state index contributed by atoms with van der Waals surface area (Å²) >= 11 is 6.82. The van der Waals surface area contributed by atoms with Crippen LogP contribution >= 0.6 is 43.6 Å². The number of halogens is 5. The second kappa shape index (κ2) is 7.04. The molecule has 0 aliphatic heterocycles. The zero-order chi connectivity index (χ0) is 12.9. The van der Waals surface area contributed by atoms with Crippen LogP contribution in [0.3, 0.4) is 0 Å². The lowest BCUT2D eigenvalue weighted by Gasteiger charge is -2.16. The van der Waals surface area contributed by atoms with E-state index in [4.69, 9.17) is 0 Å². The lowest BCUT2D eigenvalue weighted by molar-refractivity contribution is -0.0328. The molecule has 17 heavy (non-hydrogen) atoms. The highest BCUT2D eigenvalue weighted by Gasteiger charge is 2.28. The molecule has 1 rings (SSSR count). The van der Waals surface area contributed by atoms with Crippen LogP contribution in [0.2, 0.25) is 0 Å². The van der Waals surface area contributed by atoms with E-state index in [1.165, 1.54) is 0 Å². The Kier molecular flexibility index (Phi) is 6.37. The third-order valence-electron chi connectivity index (χ3n) is 2.26. The lowest BCUT2D eigenvalue weighted by Crippen LogP contribution is -2.07. The van der Waals surface area contributed by atoms with Gasteiger partial charge in [-0.25, -0.2) is 0 Å². The van der Waals surface area contributed by atoms with Gasteiger partial charge in [-0.05, 0) is 24.0 Å². The van der Waals surface area contributed by atoms with Crippen molar-refractivity contribution in [2.24, 2.45) is 0 Å². The van der Waals surface area contributed by atoms with E-state index >= 15 is 0 Å². The molecular weight excluding hydrogens is 381 g/mol. The minimum Gasteiger partial charge on any atom is -0.160 e. The summed E-state index contributed by atoms with van der Waals surface area (Å²) in [4.78, 5) is 0. The van der Waals surface area contributed by atoms with Gasteiger partial charge in [0.05, 0.1) is 0 Å². The van der Waals surface area contributed by atoms with Gasteiger partial charge in [0.1, 0.15) is 0 Å². The Balaban J connectivity index is 2.58. The fourth-order valence-corrected chi connectivity index (χ4v) is 3.35. The highest BCUT2D eigenvalue weighted by atomic mass is 79.9. The number of hydrogen-bond acceptors (Lipinski definition) is 1. The van der Waals surface area contributed by atoms with Gasteiger partial charge >= 0.3 is 5.51 Å². The molecule has 96 valence electrons. The molecule has 0 aliphatic rings. The molecule has 6 heteroatoms. The number of alkyl halides is 4. The summed E-state index contributed by atoms with van der Waals surface area (Å²) in [5, 5.41) is 0.661. The molecule has 0 heterocycles. The van der Waals surface area contributed by atoms with Crippen LogP contribution in [0.25, 0.3) is 0 Å². The maximum atomic E-state index is 12.0. The fraction of sp³-hybridized carbons (Fsp3) is 0.455. The number of benzene rings is 1. The first-order valence-corrected chi connectivity index (χ1v) is 7.85. The molecule has 0 radical (unpaired) electrons. The average molecular weight is 392 g/mol. The first kappa shape index (κ1) is 15.4. The van der Waals surface area contributed by atoms with Gasteiger partial charge < -0.3 is 0 Å². The predicted octanol–water partition coefficient (Wildman–Crippen LogP) is 5.57. The maximum Gasteiger partial charge on any atom is 0.441 e. The molecule has 0 nitrogen and oxygen atoms in total. The van der Waals surface area contributed by atoms with Crippen molar-refractivity contribution in [3.63, 3.8) is 0 Å². The van der Waals surface area contributed by atoms with Crippen LogP contribution in [0.15, 0.2) is 28.7 Å². The normalized spacial score (nSPS) is 13.7. The van der Waals surface area contributed by atoms with Crippen LogP contribution < -0.4 is 0 Å².